The SMILES string of the molecule is CC[C@@]1(CO)C[C@@H]2CC[C@H]1N2C(=O)CCCc1c[nH]c2ccccc12. The number of para-hydroxylation sites is 1. The molecule has 0 aliphatic carbocycles. The molecule has 0 unspecified atom stereocenters. The minimum absolute atomic E-state index is 0.0462. The van der Waals surface area contributed by atoms with E-state index in [1.54, 1.807) is 0 Å². The number of aryl methyl sites for hydroxylation is 1. The molecule has 3 heterocycles. The molecule has 25 heavy (non-hydrogen) atoms. The highest BCUT2D eigenvalue weighted by molar-refractivity contribution is 5.83. The number of hydrogen-bond donors (Lipinski definition) is 2. The van der Waals surface area contributed by atoms with Crippen molar-refractivity contribution in [1.82, 2.24) is 9.88 Å². The van der Waals surface area contributed by atoms with Crippen molar-refractivity contribution >= 4 is 16.8 Å². The molecular weight excluding hydrogens is 312 g/mol. The predicted molar refractivity (Wildman–Crippen MR) is 99.3 cm³/mol. The summed E-state index contributed by atoms with van der Waals surface area (Å²) in [4.78, 5) is 18.3. The molecule has 0 radical (unpaired) electrons. The van der Waals surface area contributed by atoms with Crippen molar-refractivity contribution in [3.05, 3.63) is 36.0 Å². The summed E-state index contributed by atoms with van der Waals surface area (Å²) >= 11 is 0. The van der Waals surface area contributed by atoms with E-state index in [1.165, 1.54) is 10.9 Å². The van der Waals surface area contributed by atoms with Crippen LogP contribution >= 0.6 is 0 Å². The maximum absolute atomic E-state index is 12.9. The van der Waals surface area contributed by atoms with Gasteiger partial charge in [-0.15, -0.1) is 0 Å². The molecule has 0 spiro atoms. The van der Waals surface area contributed by atoms with E-state index in [-0.39, 0.29) is 24.0 Å². The summed E-state index contributed by atoms with van der Waals surface area (Å²) in [5.41, 5.74) is 2.42. The van der Waals surface area contributed by atoms with E-state index < -0.39 is 0 Å². The number of aromatic amines is 1. The Balaban J connectivity index is 1.38. The summed E-state index contributed by atoms with van der Waals surface area (Å²) in [6.07, 6.45) is 8.61. The van der Waals surface area contributed by atoms with E-state index in [1.807, 2.05) is 6.07 Å². The normalized spacial score (nSPS) is 28.2. The maximum Gasteiger partial charge on any atom is 0.223 e. The average molecular weight is 340 g/mol. The van der Waals surface area contributed by atoms with Gasteiger partial charge in [0.05, 0.1) is 6.61 Å². The first-order valence-corrected chi connectivity index (χ1v) is 9.65. The first-order valence-electron chi connectivity index (χ1n) is 9.65. The molecule has 4 rings (SSSR count). The Bertz CT molecular complexity index is 762. The van der Waals surface area contributed by atoms with Crippen molar-refractivity contribution in [3.8, 4) is 0 Å². The van der Waals surface area contributed by atoms with Gasteiger partial charge in [0.15, 0.2) is 0 Å². The topological polar surface area (TPSA) is 56.3 Å². The number of aliphatic hydroxyl groups excluding tert-OH is 1. The summed E-state index contributed by atoms with van der Waals surface area (Å²) in [5, 5.41) is 11.2. The van der Waals surface area contributed by atoms with Crippen molar-refractivity contribution in [3.63, 3.8) is 0 Å². The summed E-state index contributed by atoms with van der Waals surface area (Å²) in [6.45, 7) is 2.36. The lowest BCUT2D eigenvalue weighted by Gasteiger charge is -2.34. The molecule has 1 aromatic carbocycles. The van der Waals surface area contributed by atoms with Gasteiger partial charge in [-0.3, -0.25) is 4.79 Å². The van der Waals surface area contributed by atoms with Crippen LogP contribution in [-0.4, -0.2) is 39.6 Å². The zero-order chi connectivity index (χ0) is 17.4. The van der Waals surface area contributed by atoms with Crippen LogP contribution < -0.4 is 0 Å². The van der Waals surface area contributed by atoms with Crippen LogP contribution in [0.1, 0.15) is 51.0 Å². The number of H-pyrrole nitrogens is 1. The van der Waals surface area contributed by atoms with Gasteiger partial charge in [-0.2, -0.15) is 0 Å². The fraction of sp³-hybridized carbons (Fsp3) is 0.571. The highest BCUT2D eigenvalue weighted by Crippen LogP contribution is 2.51. The third-order valence-corrected chi connectivity index (χ3v) is 6.67. The van der Waals surface area contributed by atoms with Gasteiger partial charge >= 0.3 is 0 Å². The molecule has 4 heteroatoms. The van der Waals surface area contributed by atoms with Crippen LogP contribution in [0.15, 0.2) is 30.5 Å². The maximum atomic E-state index is 12.9. The summed E-state index contributed by atoms with van der Waals surface area (Å²) < 4.78 is 0. The van der Waals surface area contributed by atoms with Crippen LogP contribution in [0.25, 0.3) is 10.9 Å². The summed E-state index contributed by atoms with van der Waals surface area (Å²) in [7, 11) is 0. The molecule has 2 saturated heterocycles. The smallest absolute Gasteiger partial charge is 0.223 e. The number of carbonyl (C=O) groups is 1. The van der Waals surface area contributed by atoms with Gasteiger partial charge < -0.3 is 15.0 Å². The molecule has 2 N–H and O–H groups in total. The minimum Gasteiger partial charge on any atom is -0.396 e. The fourth-order valence-corrected chi connectivity index (χ4v) is 5.23. The van der Waals surface area contributed by atoms with Crippen LogP contribution in [0.2, 0.25) is 0 Å². The molecular formula is C21H28N2O2. The Morgan fingerprint density at radius 2 is 2.20 bits per heavy atom. The van der Waals surface area contributed by atoms with Crippen molar-refractivity contribution in [2.45, 2.75) is 64.0 Å². The van der Waals surface area contributed by atoms with Crippen molar-refractivity contribution in [2.75, 3.05) is 6.61 Å². The third kappa shape index (κ3) is 2.67. The lowest BCUT2D eigenvalue weighted by atomic mass is 9.72. The average Bonchev–Trinajstić information content (AvgIpc) is 3.33. The molecule has 2 aromatic rings. The van der Waals surface area contributed by atoms with Crippen molar-refractivity contribution < 1.29 is 9.90 Å². The highest BCUT2D eigenvalue weighted by Gasteiger charge is 2.55. The number of carbonyl (C=O) groups excluding carboxylic acids is 1. The molecule has 2 bridgehead atoms. The second-order valence-corrected chi connectivity index (χ2v) is 7.84. The lowest BCUT2D eigenvalue weighted by Crippen LogP contribution is -2.42. The van der Waals surface area contributed by atoms with Crippen LogP contribution in [0.4, 0.5) is 0 Å². The highest BCUT2D eigenvalue weighted by atomic mass is 16.3. The predicted octanol–water partition coefficient (Wildman–Crippen LogP) is 3.64. The van der Waals surface area contributed by atoms with E-state index in [9.17, 15) is 9.90 Å². The molecule has 3 atom stereocenters. The number of fused-ring (bicyclic) bond motifs is 3. The first-order chi connectivity index (χ1) is 12.2. The van der Waals surface area contributed by atoms with Crippen molar-refractivity contribution in [1.29, 1.82) is 0 Å². The van der Waals surface area contributed by atoms with Gasteiger partial charge in [0.25, 0.3) is 0 Å². The van der Waals surface area contributed by atoms with Crippen LogP contribution in [0.3, 0.4) is 0 Å². The zero-order valence-corrected chi connectivity index (χ0v) is 15.0. The second-order valence-electron chi connectivity index (χ2n) is 7.84. The van der Waals surface area contributed by atoms with Gasteiger partial charge in [0.1, 0.15) is 0 Å². The van der Waals surface area contributed by atoms with E-state index in [0.717, 1.165) is 44.0 Å². The van der Waals surface area contributed by atoms with Gasteiger partial charge in [0, 0.05) is 41.0 Å². The quantitative estimate of drug-likeness (QED) is 0.843. The second kappa shape index (κ2) is 6.49. The number of nitrogens with zero attached hydrogens (tertiary/aromatic N) is 1. The number of aliphatic hydroxyl groups is 1. The largest absolute Gasteiger partial charge is 0.396 e. The van der Waals surface area contributed by atoms with Crippen LogP contribution in [0, 0.1) is 5.41 Å². The number of hydrogen-bond acceptors (Lipinski definition) is 2. The summed E-state index contributed by atoms with van der Waals surface area (Å²) in [6, 6.07) is 8.94. The Morgan fingerprint density at radius 3 is 2.96 bits per heavy atom. The van der Waals surface area contributed by atoms with E-state index >= 15 is 0 Å². The third-order valence-electron chi connectivity index (χ3n) is 6.67. The van der Waals surface area contributed by atoms with Gasteiger partial charge in [-0.05, 0) is 50.2 Å². The lowest BCUT2D eigenvalue weighted by molar-refractivity contribution is -0.133. The fourth-order valence-electron chi connectivity index (χ4n) is 5.23. The molecule has 0 saturated carbocycles. The molecule has 2 fully saturated rings. The Labute approximate surface area is 149 Å². The van der Waals surface area contributed by atoms with E-state index in [2.05, 4.69) is 41.2 Å². The van der Waals surface area contributed by atoms with Gasteiger partial charge in [0.2, 0.25) is 5.91 Å². The number of nitrogens with one attached hydrogen (secondary N) is 1. The van der Waals surface area contributed by atoms with Gasteiger partial charge in [-0.1, -0.05) is 25.1 Å². The minimum atomic E-state index is -0.0462. The zero-order valence-electron chi connectivity index (χ0n) is 15.0. The molecule has 4 nitrogen and oxygen atoms in total. The standard InChI is InChI=1S/C21H28N2O2/c1-2-21(14-24)12-16-10-11-19(21)23(16)20(25)9-5-6-15-13-22-18-8-4-3-7-17(15)18/h3-4,7-8,13,16,19,22,24H,2,5-6,9-12,14H2,1H3/t16-,19+,21-/m0/s1. The molecule has 1 aromatic heterocycles. The molecule has 2 aliphatic rings. The van der Waals surface area contributed by atoms with Crippen molar-refractivity contribution in [2.24, 2.45) is 5.41 Å². The monoisotopic (exact) mass is 340 g/mol. The van der Waals surface area contributed by atoms with Gasteiger partial charge in [-0.25, -0.2) is 0 Å². The van der Waals surface area contributed by atoms with Crippen LogP contribution in [-0.2, 0) is 11.2 Å². The number of rotatable bonds is 6. The number of aromatic nitrogens is 1. The first kappa shape index (κ1) is 16.6. The Morgan fingerprint density at radius 1 is 1.36 bits per heavy atom. The summed E-state index contributed by atoms with van der Waals surface area (Å²) in [5.74, 6) is 0.288. The Kier molecular flexibility index (Phi) is 4.32. The molecule has 2 aliphatic heterocycles. The van der Waals surface area contributed by atoms with E-state index in [0.29, 0.717) is 12.5 Å². The molecule has 1 amide bonds. The number of benzene rings is 1. The van der Waals surface area contributed by atoms with Crippen LogP contribution in [0.5, 0.6) is 0 Å². The number of amides is 1. The Hall–Kier alpha value is -1.81. The molecule has 134 valence electrons. The van der Waals surface area contributed by atoms with E-state index in [4.69, 9.17) is 0 Å².